The average Bonchev–Trinajstić information content (AvgIpc) is 2.82. The third kappa shape index (κ3) is 8.76. The second-order valence-electron chi connectivity index (χ2n) is 7.92. The van der Waals surface area contributed by atoms with Crippen LogP contribution in [0.2, 0.25) is 0 Å². The lowest BCUT2D eigenvalue weighted by atomic mass is 9.98. The molecule has 2 aromatic carbocycles. The Labute approximate surface area is 193 Å². The van der Waals surface area contributed by atoms with Crippen LogP contribution < -0.4 is 10.6 Å². The molecule has 8 heteroatoms. The molecule has 2 rings (SSSR count). The van der Waals surface area contributed by atoms with Gasteiger partial charge in [0, 0.05) is 18.9 Å². The average molecular weight is 455 g/mol. The van der Waals surface area contributed by atoms with Gasteiger partial charge in [-0.15, -0.1) is 0 Å². The Morgan fingerprint density at radius 3 is 1.97 bits per heavy atom. The fourth-order valence-electron chi connectivity index (χ4n) is 3.09. The Hall–Kier alpha value is -3.68. The predicted octanol–water partition coefficient (Wildman–Crippen LogP) is 2.80. The van der Waals surface area contributed by atoms with Crippen molar-refractivity contribution in [2.24, 2.45) is 5.92 Å². The van der Waals surface area contributed by atoms with Crippen LogP contribution >= 0.6 is 0 Å². The van der Waals surface area contributed by atoms with Gasteiger partial charge in [0.25, 0.3) is 5.91 Å². The van der Waals surface area contributed by atoms with E-state index >= 15 is 0 Å². The molecule has 0 aromatic heterocycles. The molecule has 0 aliphatic heterocycles. The lowest BCUT2D eigenvalue weighted by molar-refractivity contribution is -0.146. The minimum Gasteiger partial charge on any atom is -0.467 e. The minimum absolute atomic E-state index is 0.0895. The monoisotopic (exact) mass is 454 g/mol. The van der Waals surface area contributed by atoms with Crippen LogP contribution in [0.25, 0.3) is 0 Å². The molecule has 0 aliphatic carbocycles. The molecule has 0 bridgehead atoms. The molecule has 33 heavy (non-hydrogen) atoms. The maximum atomic E-state index is 12.6. The highest BCUT2D eigenvalue weighted by Crippen LogP contribution is 2.10. The summed E-state index contributed by atoms with van der Waals surface area (Å²) in [6.45, 7) is 3.73. The van der Waals surface area contributed by atoms with Gasteiger partial charge < -0.3 is 20.1 Å². The Balaban J connectivity index is 1.93. The van der Waals surface area contributed by atoms with Crippen LogP contribution in [0.4, 0.5) is 4.79 Å². The summed E-state index contributed by atoms with van der Waals surface area (Å²) < 4.78 is 9.97. The van der Waals surface area contributed by atoms with Crippen LogP contribution in [0.1, 0.15) is 31.4 Å². The molecule has 0 spiro atoms. The number of Topliss-reactive ketones (excluding diaryl/α,β-unsaturated/α-hetero) is 1. The van der Waals surface area contributed by atoms with Gasteiger partial charge in [0.2, 0.25) is 5.78 Å². The van der Waals surface area contributed by atoms with E-state index in [-0.39, 0.29) is 25.4 Å². The number of rotatable bonds is 11. The van der Waals surface area contributed by atoms with Gasteiger partial charge in [0.1, 0.15) is 12.6 Å². The van der Waals surface area contributed by atoms with Crippen molar-refractivity contribution in [2.45, 2.75) is 45.4 Å². The van der Waals surface area contributed by atoms with Gasteiger partial charge in [-0.1, -0.05) is 74.5 Å². The topological polar surface area (TPSA) is 111 Å². The number of ether oxygens (including phenoxy) is 2. The zero-order chi connectivity index (χ0) is 24.2. The SMILES string of the molecule is COC(=O)[C@H](Cc1ccccc1)NC(=O)C(=O)C[C@H](NC(=O)OCc1ccccc1)C(C)C. The standard InChI is InChI=1S/C25H30N2O6/c1-17(2)20(27-25(31)33-16-19-12-8-5-9-13-19)15-22(28)23(29)26-21(24(30)32-3)14-18-10-6-4-7-11-18/h4-13,17,20-21H,14-16H2,1-3H3,(H,26,29)(H,27,31)/t20-,21-/m0/s1. The minimum atomic E-state index is -1.00. The summed E-state index contributed by atoms with van der Waals surface area (Å²) in [5.74, 6) is -2.44. The van der Waals surface area contributed by atoms with E-state index in [1.54, 1.807) is 0 Å². The smallest absolute Gasteiger partial charge is 0.407 e. The van der Waals surface area contributed by atoms with Crippen LogP contribution in [-0.2, 0) is 36.9 Å². The van der Waals surface area contributed by atoms with Gasteiger partial charge in [-0.25, -0.2) is 9.59 Å². The fraction of sp³-hybridized carbons (Fsp3) is 0.360. The molecule has 176 valence electrons. The van der Waals surface area contributed by atoms with Crippen LogP contribution in [0.5, 0.6) is 0 Å². The number of hydrogen-bond donors (Lipinski definition) is 2. The Morgan fingerprint density at radius 2 is 1.42 bits per heavy atom. The van der Waals surface area contributed by atoms with Crippen molar-refractivity contribution in [3.63, 3.8) is 0 Å². The Kier molecular flexibility index (Phi) is 10.1. The van der Waals surface area contributed by atoms with Gasteiger partial charge in [0.05, 0.1) is 7.11 Å². The number of carbonyl (C=O) groups is 4. The van der Waals surface area contributed by atoms with Gasteiger partial charge in [-0.3, -0.25) is 9.59 Å². The lowest BCUT2D eigenvalue weighted by Gasteiger charge is -2.22. The summed E-state index contributed by atoms with van der Waals surface area (Å²) in [6, 6.07) is 16.7. The number of nitrogens with one attached hydrogen (secondary N) is 2. The number of hydrogen-bond acceptors (Lipinski definition) is 6. The normalized spacial score (nSPS) is 12.4. The van der Waals surface area contributed by atoms with E-state index in [0.29, 0.717) is 0 Å². The molecule has 2 amide bonds. The summed E-state index contributed by atoms with van der Waals surface area (Å²) in [6.07, 6.45) is -0.727. The molecule has 0 unspecified atom stereocenters. The molecule has 8 nitrogen and oxygen atoms in total. The van der Waals surface area contributed by atoms with Crippen molar-refractivity contribution in [3.05, 3.63) is 71.8 Å². The predicted molar refractivity (Wildman–Crippen MR) is 122 cm³/mol. The first-order valence-corrected chi connectivity index (χ1v) is 10.7. The van der Waals surface area contributed by atoms with Crippen molar-refractivity contribution < 1.29 is 28.7 Å². The summed E-state index contributed by atoms with van der Waals surface area (Å²) in [5.41, 5.74) is 1.64. The molecule has 0 aliphatic rings. The second kappa shape index (κ2) is 13.0. The maximum Gasteiger partial charge on any atom is 0.407 e. The van der Waals surface area contributed by atoms with Crippen LogP contribution in [0.15, 0.2) is 60.7 Å². The van der Waals surface area contributed by atoms with E-state index in [2.05, 4.69) is 10.6 Å². The number of amides is 2. The van der Waals surface area contributed by atoms with Crippen molar-refractivity contribution in [2.75, 3.05) is 7.11 Å². The third-order valence-corrected chi connectivity index (χ3v) is 5.05. The van der Waals surface area contributed by atoms with Gasteiger partial charge in [-0.2, -0.15) is 0 Å². The molecular formula is C25H30N2O6. The van der Waals surface area contributed by atoms with Crippen molar-refractivity contribution in [1.29, 1.82) is 0 Å². The number of methoxy groups -OCH3 is 1. The number of ketones is 1. The molecule has 0 saturated carbocycles. The van der Waals surface area contributed by atoms with E-state index in [1.165, 1.54) is 7.11 Å². The number of benzene rings is 2. The molecule has 0 heterocycles. The molecule has 0 saturated heterocycles. The number of carbonyl (C=O) groups excluding carboxylic acids is 4. The first-order chi connectivity index (χ1) is 15.8. The highest BCUT2D eigenvalue weighted by atomic mass is 16.5. The van der Waals surface area contributed by atoms with Gasteiger partial charge >= 0.3 is 12.1 Å². The van der Waals surface area contributed by atoms with Gasteiger partial charge in [-0.05, 0) is 17.0 Å². The molecular weight excluding hydrogens is 424 g/mol. The highest BCUT2D eigenvalue weighted by molar-refractivity contribution is 6.36. The van der Waals surface area contributed by atoms with E-state index in [0.717, 1.165) is 11.1 Å². The molecule has 0 radical (unpaired) electrons. The van der Waals surface area contributed by atoms with Crippen LogP contribution in [-0.4, -0.2) is 42.9 Å². The summed E-state index contributed by atoms with van der Waals surface area (Å²) in [7, 11) is 1.22. The number of alkyl carbamates (subject to hydrolysis) is 1. The molecule has 2 N–H and O–H groups in total. The van der Waals surface area contributed by atoms with Crippen molar-refractivity contribution >= 4 is 23.8 Å². The number of esters is 1. The van der Waals surface area contributed by atoms with E-state index in [4.69, 9.17) is 9.47 Å². The first-order valence-electron chi connectivity index (χ1n) is 10.7. The molecule has 2 atom stereocenters. The Bertz CT molecular complexity index is 930. The quantitative estimate of drug-likeness (QED) is 0.399. The van der Waals surface area contributed by atoms with Crippen LogP contribution in [0, 0.1) is 5.92 Å². The second-order valence-corrected chi connectivity index (χ2v) is 7.92. The molecule has 2 aromatic rings. The first kappa shape index (κ1) is 25.6. The Morgan fingerprint density at radius 1 is 0.848 bits per heavy atom. The van der Waals surface area contributed by atoms with E-state index < -0.39 is 35.8 Å². The summed E-state index contributed by atoms with van der Waals surface area (Å²) >= 11 is 0. The molecule has 0 fully saturated rings. The van der Waals surface area contributed by atoms with Crippen LogP contribution in [0.3, 0.4) is 0 Å². The van der Waals surface area contributed by atoms with Gasteiger partial charge in [0.15, 0.2) is 0 Å². The van der Waals surface area contributed by atoms with Crippen molar-refractivity contribution in [3.8, 4) is 0 Å². The van der Waals surface area contributed by atoms with E-state index in [9.17, 15) is 19.2 Å². The third-order valence-electron chi connectivity index (χ3n) is 5.05. The highest BCUT2D eigenvalue weighted by Gasteiger charge is 2.28. The largest absolute Gasteiger partial charge is 0.467 e. The lowest BCUT2D eigenvalue weighted by Crippen LogP contribution is -2.48. The summed E-state index contributed by atoms with van der Waals surface area (Å²) in [4.78, 5) is 49.4. The van der Waals surface area contributed by atoms with Crippen molar-refractivity contribution in [1.82, 2.24) is 10.6 Å². The summed E-state index contributed by atoms with van der Waals surface area (Å²) in [5, 5.41) is 5.10. The van der Waals surface area contributed by atoms with E-state index in [1.807, 2.05) is 74.5 Å². The zero-order valence-corrected chi connectivity index (χ0v) is 19.1. The fourth-order valence-corrected chi connectivity index (χ4v) is 3.09. The maximum absolute atomic E-state index is 12.6. The zero-order valence-electron chi connectivity index (χ0n) is 19.1.